The summed E-state index contributed by atoms with van der Waals surface area (Å²) in [6.45, 7) is 0. The van der Waals surface area contributed by atoms with Crippen LogP contribution in [0.2, 0.25) is 0 Å². The van der Waals surface area contributed by atoms with Crippen molar-refractivity contribution in [3.05, 3.63) is 0 Å². The molecule has 0 aliphatic rings. The molecule has 0 saturated heterocycles. The van der Waals surface area contributed by atoms with Crippen molar-refractivity contribution in [2.24, 2.45) is 0 Å². The number of carboxylic acid groups (broad SMARTS) is 2. The Morgan fingerprint density at radius 3 is 1.50 bits per heavy atom. The van der Waals surface area contributed by atoms with Crippen molar-refractivity contribution < 1.29 is 68.4 Å². The van der Waals surface area contributed by atoms with Crippen molar-refractivity contribution >= 4 is 6.16 Å². The molecule has 31 valence electrons. The van der Waals surface area contributed by atoms with Crippen LogP contribution < -0.4 is 29.6 Å². The molecular weight excluding hydrogens is 176 g/mol. The van der Waals surface area contributed by atoms with Gasteiger partial charge in [-0.15, -0.1) is 0 Å². The van der Waals surface area contributed by atoms with E-state index in [0.717, 1.165) is 0 Å². The van der Waals surface area contributed by atoms with Gasteiger partial charge in [0.15, 0.2) is 0 Å². The Kier molecular flexibility index (Phi) is 24.6. The molecule has 0 spiro atoms. The zero-order chi connectivity index (χ0) is 3.58. The molecule has 0 amide bonds. The molecular formula is CH3NaNbO3. The third-order valence-electron chi connectivity index (χ3n) is 0. The van der Waals surface area contributed by atoms with Gasteiger partial charge in [0, 0.05) is 22.4 Å². The first kappa shape index (κ1) is 15.7. The Morgan fingerprint density at radius 1 is 1.50 bits per heavy atom. The molecule has 0 aromatic heterocycles. The second-order valence-electron chi connectivity index (χ2n) is 0.283. The summed E-state index contributed by atoms with van der Waals surface area (Å²) in [5.74, 6) is 0. The van der Waals surface area contributed by atoms with Gasteiger partial charge in [0.2, 0.25) is 0 Å². The molecule has 1 radical (unpaired) electrons. The average Bonchev–Trinajstić information content (AvgIpc) is 0.811. The van der Waals surface area contributed by atoms with Gasteiger partial charge in [0.05, 0.1) is 0 Å². The third-order valence-corrected chi connectivity index (χ3v) is 0. The summed E-state index contributed by atoms with van der Waals surface area (Å²) in [6.07, 6.45) is -1.83. The molecule has 3 nitrogen and oxygen atoms in total. The van der Waals surface area contributed by atoms with E-state index in [1.54, 1.807) is 0 Å². The summed E-state index contributed by atoms with van der Waals surface area (Å²) < 4.78 is 0. The van der Waals surface area contributed by atoms with Gasteiger partial charge in [-0.25, -0.2) is 4.79 Å². The summed E-state index contributed by atoms with van der Waals surface area (Å²) >= 11 is 0. The zero-order valence-corrected chi connectivity index (χ0v) is 7.45. The second-order valence-corrected chi connectivity index (χ2v) is 0.283. The normalized spacial score (nSPS) is 4.00. The molecule has 0 aromatic carbocycles. The van der Waals surface area contributed by atoms with Gasteiger partial charge in [0.25, 0.3) is 0 Å². The summed E-state index contributed by atoms with van der Waals surface area (Å²) in [5, 5.41) is 13.9. The van der Waals surface area contributed by atoms with Crippen molar-refractivity contribution in [3.63, 3.8) is 0 Å². The van der Waals surface area contributed by atoms with Crippen LogP contribution in [0.15, 0.2) is 0 Å². The van der Waals surface area contributed by atoms with Crippen LogP contribution in [-0.2, 0) is 22.4 Å². The average molecular weight is 179 g/mol. The molecule has 0 atom stereocenters. The van der Waals surface area contributed by atoms with E-state index < -0.39 is 6.16 Å². The van der Waals surface area contributed by atoms with E-state index in [1.807, 2.05) is 0 Å². The van der Waals surface area contributed by atoms with Gasteiger partial charge in [-0.05, 0) is 0 Å². The van der Waals surface area contributed by atoms with Crippen LogP contribution in [0, 0.1) is 0 Å². The number of hydrogen-bond acceptors (Lipinski definition) is 1. The zero-order valence-electron chi connectivity index (χ0n) is 4.25. The third kappa shape index (κ3) is 78.9. The Hall–Kier alpha value is 1.01. The molecule has 5 heteroatoms. The van der Waals surface area contributed by atoms with Crippen LogP contribution in [0.4, 0.5) is 4.79 Å². The number of rotatable bonds is 0. The van der Waals surface area contributed by atoms with Crippen molar-refractivity contribution in [1.82, 2.24) is 0 Å². The second kappa shape index (κ2) is 9.38. The summed E-state index contributed by atoms with van der Waals surface area (Å²) in [5.41, 5.74) is 0. The fraction of sp³-hybridized carbons (Fsp3) is 0. The van der Waals surface area contributed by atoms with E-state index in [2.05, 4.69) is 0 Å². The monoisotopic (exact) mass is 179 g/mol. The van der Waals surface area contributed by atoms with E-state index in [1.165, 1.54) is 0 Å². The van der Waals surface area contributed by atoms with Crippen molar-refractivity contribution in [1.29, 1.82) is 0 Å². The number of carbonyl (C=O) groups is 1. The van der Waals surface area contributed by atoms with Gasteiger partial charge >= 0.3 is 35.7 Å². The Morgan fingerprint density at radius 2 is 1.50 bits per heavy atom. The van der Waals surface area contributed by atoms with Gasteiger partial charge in [-0.3, -0.25) is 0 Å². The summed E-state index contributed by atoms with van der Waals surface area (Å²) in [7, 11) is 0. The van der Waals surface area contributed by atoms with Crippen LogP contribution >= 0.6 is 0 Å². The standard InChI is InChI=1S/CH2O3.Na.Nb.H/c2-1(3)4;;;/h(H2,2,3,4);;;/q;+1;;-1. The topological polar surface area (TPSA) is 57.5 Å². The molecule has 6 heavy (non-hydrogen) atoms. The first-order valence-corrected chi connectivity index (χ1v) is 0.651. The molecule has 0 aliphatic heterocycles. The van der Waals surface area contributed by atoms with Crippen molar-refractivity contribution in [3.8, 4) is 0 Å². The van der Waals surface area contributed by atoms with Crippen LogP contribution in [0.3, 0.4) is 0 Å². The predicted molar refractivity (Wildman–Crippen MR) is 11.8 cm³/mol. The van der Waals surface area contributed by atoms with Crippen molar-refractivity contribution in [2.45, 2.75) is 0 Å². The molecule has 2 N–H and O–H groups in total. The Labute approximate surface area is 74.0 Å². The first-order chi connectivity index (χ1) is 1.73. The van der Waals surface area contributed by atoms with Crippen LogP contribution in [0.25, 0.3) is 0 Å². The molecule has 0 heterocycles. The molecule has 0 bridgehead atoms. The summed E-state index contributed by atoms with van der Waals surface area (Å²) in [6, 6.07) is 0. The Balaban J connectivity index is -0.0000000150. The van der Waals surface area contributed by atoms with E-state index in [9.17, 15) is 0 Å². The SMILES string of the molecule is O=C(O)O.[H-].[Na+].[Nb]. The minimum Gasteiger partial charge on any atom is -1.00 e. The van der Waals surface area contributed by atoms with Crippen LogP contribution in [0.5, 0.6) is 0 Å². The molecule has 0 fully saturated rings. The first-order valence-electron chi connectivity index (χ1n) is 0.651. The fourth-order valence-electron chi connectivity index (χ4n) is 0. The quantitative estimate of drug-likeness (QED) is 0.399. The molecule has 0 aromatic rings. The van der Waals surface area contributed by atoms with E-state index in [4.69, 9.17) is 15.0 Å². The van der Waals surface area contributed by atoms with Gasteiger partial charge in [0.1, 0.15) is 0 Å². The summed E-state index contributed by atoms with van der Waals surface area (Å²) in [4.78, 5) is 8.56. The van der Waals surface area contributed by atoms with Gasteiger partial charge in [-0.2, -0.15) is 0 Å². The van der Waals surface area contributed by atoms with E-state index in [-0.39, 0.29) is 53.4 Å². The Bertz CT molecular complexity index is 37.9. The van der Waals surface area contributed by atoms with Crippen LogP contribution in [0.1, 0.15) is 1.43 Å². The smallest absolute Gasteiger partial charge is 1.00 e. The molecule has 0 rings (SSSR count). The maximum Gasteiger partial charge on any atom is 1.00 e. The minimum atomic E-state index is -1.83. The van der Waals surface area contributed by atoms with E-state index in [0.29, 0.717) is 0 Å². The fourth-order valence-corrected chi connectivity index (χ4v) is 0. The maximum absolute atomic E-state index is 8.56. The largest absolute Gasteiger partial charge is 1.00 e. The predicted octanol–water partition coefficient (Wildman–Crippen LogP) is -2.66. The molecule has 0 aliphatic carbocycles. The van der Waals surface area contributed by atoms with Gasteiger partial charge < -0.3 is 11.6 Å². The molecule has 0 saturated carbocycles. The number of hydrogen-bond donors (Lipinski definition) is 2. The maximum atomic E-state index is 8.56. The van der Waals surface area contributed by atoms with E-state index >= 15 is 0 Å². The minimum absolute atomic E-state index is 0. The van der Waals surface area contributed by atoms with Crippen molar-refractivity contribution in [2.75, 3.05) is 0 Å². The van der Waals surface area contributed by atoms with Crippen LogP contribution in [-0.4, -0.2) is 16.4 Å². The van der Waals surface area contributed by atoms with Gasteiger partial charge in [-0.1, -0.05) is 0 Å². The molecule has 0 unspecified atom stereocenters.